The molecule has 0 fully saturated rings. The average molecular weight is 156 g/mol. The van der Waals surface area contributed by atoms with Crippen molar-refractivity contribution in [1.29, 1.82) is 0 Å². The molecule has 58 valence electrons. The highest BCUT2D eigenvalue weighted by Gasteiger charge is 2.11. The quantitative estimate of drug-likeness (QED) is 0.252. The molecular weight excluding hydrogens is 150 g/mol. The highest BCUT2D eigenvalue weighted by Crippen LogP contribution is 2.09. The van der Waals surface area contributed by atoms with Crippen LogP contribution < -0.4 is 10.5 Å². The predicted molar refractivity (Wildman–Crippen MR) is 34.9 cm³/mol. The molecule has 1 heterocycles. The van der Waals surface area contributed by atoms with Crippen molar-refractivity contribution in [2.75, 3.05) is 5.73 Å². The van der Waals surface area contributed by atoms with Gasteiger partial charge in [0.1, 0.15) is 12.3 Å². The zero-order valence-corrected chi connectivity index (χ0v) is 5.47. The van der Waals surface area contributed by atoms with Crippen LogP contribution in [0, 0.1) is 10.1 Å². The molecule has 0 saturated heterocycles. The molecule has 0 aliphatic rings. The maximum atomic E-state index is 10.1. The summed E-state index contributed by atoms with van der Waals surface area (Å²) in [5, 5.41) is 18.9. The third-order valence-corrected chi connectivity index (χ3v) is 1.16. The lowest BCUT2D eigenvalue weighted by Crippen LogP contribution is -2.33. The van der Waals surface area contributed by atoms with Crippen molar-refractivity contribution in [2.24, 2.45) is 0 Å². The maximum Gasteiger partial charge on any atom is 0.318 e. The van der Waals surface area contributed by atoms with Gasteiger partial charge in [-0.1, -0.05) is 4.73 Å². The summed E-state index contributed by atoms with van der Waals surface area (Å²) < 4.78 is 0.604. The van der Waals surface area contributed by atoms with Gasteiger partial charge in [-0.05, 0) is 0 Å². The molecule has 0 amide bonds. The fourth-order valence-corrected chi connectivity index (χ4v) is 0.612. The van der Waals surface area contributed by atoms with Gasteiger partial charge in [0.25, 0.3) is 5.69 Å². The first-order valence-electron chi connectivity index (χ1n) is 2.76. The molecule has 0 atom stereocenters. The number of pyridine rings is 1. The molecule has 6 heteroatoms. The topological polar surface area (TPSA) is 93.3 Å². The van der Waals surface area contributed by atoms with E-state index in [1.807, 2.05) is 0 Å². The van der Waals surface area contributed by atoms with E-state index in [0.717, 1.165) is 18.3 Å². The number of nitrogens with two attached hydrogens (primary N) is 1. The van der Waals surface area contributed by atoms with Gasteiger partial charge in [0.05, 0.1) is 11.0 Å². The van der Waals surface area contributed by atoms with E-state index in [4.69, 9.17) is 10.9 Å². The van der Waals surface area contributed by atoms with E-state index >= 15 is 0 Å². The molecule has 0 bridgehead atoms. The first-order valence-corrected chi connectivity index (χ1v) is 2.76. The van der Waals surface area contributed by atoms with Gasteiger partial charge in [-0.15, -0.1) is 0 Å². The summed E-state index contributed by atoms with van der Waals surface area (Å²) >= 11 is 0. The maximum absolute atomic E-state index is 10.1. The normalized spacial score (nSPS) is 9.45. The molecule has 0 saturated carbocycles. The van der Waals surface area contributed by atoms with Crippen LogP contribution in [0.15, 0.2) is 18.3 Å². The van der Waals surface area contributed by atoms with Gasteiger partial charge in [-0.3, -0.25) is 15.8 Å². The van der Waals surface area contributed by atoms with Crippen LogP contribution in [0.4, 0.5) is 11.5 Å². The summed E-state index contributed by atoms with van der Waals surface area (Å²) in [5.41, 5.74) is 5.02. The summed E-state index contributed by atoms with van der Waals surface area (Å²) in [6.45, 7) is 0. The smallest absolute Gasteiger partial charge is 0.318 e. The highest BCUT2D eigenvalue weighted by molar-refractivity contribution is 5.36. The Balaban J connectivity index is 3.15. The van der Waals surface area contributed by atoms with E-state index in [2.05, 4.69) is 0 Å². The van der Waals surface area contributed by atoms with Crippen molar-refractivity contribution in [3.05, 3.63) is 28.4 Å². The average Bonchev–Trinajstić information content (AvgIpc) is 1.94. The molecule has 1 rings (SSSR count). The van der Waals surface area contributed by atoms with Crippen molar-refractivity contribution in [2.45, 2.75) is 0 Å². The fourth-order valence-electron chi connectivity index (χ4n) is 0.612. The van der Waals surface area contributed by atoms with Crippen molar-refractivity contribution in [3.8, 4) is 0 Å². The largest absolute Gasteiger partial charge is 0.350 e. The number of hydrogen-bond acceptors (Lipinski definition) is 4. The Morgan fingerprint density at radius 1 is 1.73 bits per heavy atom. The van der Waals surface area contributed by atoms with E-state index in [9.17, 15) is 10.1 Å². The minimum Gasteiger partial charge on any atom is -0.350 e. The van der Waals surface area contributed by atoms with Crippen LogP contribution in [0.3, 0.4) is 0 Å². The zero-order valence-electron chi connectivity index (χ0n) is 5.47. The van der Waals surface area contributed by atoms with Crippen LogP contribution >= 0.6 is 0 Å². The summed E-state index contributed by atoms with van der Waals surface area (Å²) in [4.78, 5) is 9.54. The monoisotopic (exact) mass is 156 g/mol. The second-order valence-corrected chi connectivity index (χ2v) is 1.91. The molecule has 0 spiro atoms. The second-order valence-electron chi connectivity index (χ2n) is 1.91. The fraction of sp³-hybridized carbons (Fsp3) is 0. The van der Waals surface area contributed by atoms with Crippen LogP contribution in [0.1, 0.15) is 0 Å². The Bertz CT molecular complexity index is 299. The van der Waals surface area contributed by atoms with E-state index in [1.54, 1.807) is 0 Å². The molecule has 1 aromatic rings. The first kappa shape index (κ1) is 7.26. The molecule has 0 aliphatic heterocycles. The summed E-state index contributed by atoms with van der Waals surface area (Å²) in [6, 6.07) is 2.22. The molecule has 0 aromatic carbocycles. The Labute approximate surface area is 61.6 Å². The summed E-state index contributed by atoms with van der Waals surface area (Å²) in [7, 11) is 0. The Morgan fingerprint density at radius 2 is 2.36 bits per heavy atom. The Kier molecular flexibility index (Phi) is 1.59. The van der Waals surface area contributed by atoms with Gasteiger partial charge in [0.15, 0.2) is 0 Å². The van der Waals surface area contributed by atoms with E-state index in [1.165, 1.54) is 0 Å². The minimum atomic E-state index is -0.587. The van der Waals surface area contributed by atoms with Gasteiger partial charge in [0, 0.05) is 0 Å². The number of nitro groups is 1. The van der Waals surface area contributed by atoms with Gasteiger partial charge < -0.3 is 5.21 Å². The van der Waals surface area contributed by atoms with Gasteiger partial charge in [-0.2, -0.15) is 0 Å². The van der Waals surface area contributed by atoms with Crippen molar-refractivity contribution >= 4 is 11.5 Å². The molecule has 6 nitrogen and oxygen atoms in total. The number of rotatable bonds is 1. The van der Waals surface area contributed by atoms with Crippen LogP contribution in [0.25, 0.3) is 0 Å². The molecule has 0 aliphatic carbocycles. The first-order chi connectivity index (χ1) is 5.11. The zero-order chi connectivity index (χ0) is 8.43. The van der Waals surface area contributed by atoms with Crippen molar-refractivity contribution < 1.29 is 14.9 Å². The Morgan fingerprint density at radius 3 is 2.82 bits per heavy atom. The number of nitrogen functional groups attached to an aromatic ring is 1. The van der Waals surface area contributed by atoms with Crippen LogP contribution in [-0.2, 0) is 0 Å². The SMILES string of the molecule is Nc1cc([N+](=O)[O-])cc[n+]1O. The molecule has 3 N–H and O–H groups in total. The lowest BCUT2D eigenvalue weighted by atomic mass is 10.4. The van der Waals surface area contributed by atoms with Crippen LogP contribution in [0.2, 0.25) is 0 Å². The van der Waals surface area contributed by atoms with E-state index in [0.29, 0.717) is 4.73 Å². The van der Waals surface area contributed by atoms with Gasteiger partial charge >= 0.3 is 5.82 Å². The minimum absolute atomic E-state index is 0.0702. The van der Waals surface area contributed by atoms with Crippen LogP contribution in [-0.4, -0.2) is 10.1 Å². The van der Waals surface area contributed by atoms with Gasteiger partial charge in [-0.25, -0.2) is 0 Å². The third-order valence-electron chi connectivity index (χ3n) is 1.16. The molecule has 1 aromatic heterocycles. The summed E-state index contributed by atoms with van der Waals surface area (Å²) in [5.74, 6) is -0.0702. The van der Waals surface area contributed by atoms with Crippen LogP contribution in [0.5, 0.6) is 0 Å². The highest BCUT2D eigenvalue weighted by atomic mass is 16.6. The second kappa shape index (κ2) is 2.41. The molecule has 0 unspecified atom stereocenters. The number of hydrogen-bond donors (Lipinski definition) is 2. The number of nitrogens with zero attached hydrogens (tertiary/aromatic N) is 2. The summed E-state index contributed by atoms with van der Waals surface area (Å²) in [6.07, 6.45) is 1.10. The third kappa shape index (κ3) is 1.34. The molecule has 11 heavy (non-hydrogen) atoms. The lowest BCUT2D eigenvalue weighted by molar-refractivity contribution is -0.893. The predicted octanol–water partition coefficient (Wildman–Crippen LogP) is -0.298. The van der Waals surface area contributed by atoms with Gasteiger partial charge in [0.2, 0.25) is 0 Å². The van der Waals surface area contributed by atoms with E-state index < -0.39 is 4.92 Å². The Hall–Kier alpha value is -1.85. The molecule has 0 radical (unpaired) electrons. The standard InChI is InChI=1S/C5H5N3O3/c6-5-3-4(8(10)11)1-2-7(5)9/h1-3,6,9H/p+1. The number of aromatic nitrogens is 1. The number of anilines is 1. The van der Waals surface area contributed by atoms with Crippen molar-refractivity contribution in [3.63, 3.8) is 0 Å². The van der Waals surface area contributed by atoms with Crippen molar-refractivity contribution in [1.82, 2.24) is 0 Å². The molecular formula is C5H6N3O3+. The lowest BCUT2D eigenvalue weighted by Gasteiger charge is -1.91. The van der Waals surface area contributed by atoms with E-state index in [-0.39, 0.29) is 11.5 Å².